The fraction of sp³-hybridized carbons (Fsp3) is 0.143. The smallest absolute Gasteiger partial charge is 0.207 e. The van der Waals surface area contributed by atoms with Crippen LogP contribution < -0.4 is 0 Å². The average molecular weight is 309 g/mol. The van der Waals surface area contributed by atoms with Gasteiger partial charge in [-0.2, -0.15) is 0 Å². The van der Waals surface area contributed by atoms with E-state index in [1.807, 2.05) is 0 Å². The van der Waals surface area contributed by atoms with Crippen molar-refractivity contribution in [2.75, 3.05) is 0 Å². The Bertz CT molecular complexity index is 780. The second kappa shape index (κ2) is 4.75. The Morgan fingerprint density at radius 1 is 1.05 bits per heavy atom. The van der Waals surface area contributed by atoms with Gasteiger partial charge < -0.3 is 0 Å². The fourth-order valence-corrected chi connectivity index (χ4v) is 3.72. The summed E-state index contributed by atoms with van der Waals surface area (Å²) in [5.41, 5.74) is 4.68. The van der Waals surface area contributed by atoms with E-state index in [-0.39, 0.29) is 5.28 Å². The van der Waals surface area contributed by atoms with Gasteiger partial charge in [0.25, 0.3) is 0 Å². The lowest BCUT2D eigenvalue weighted by atomic mass is 9.99. The molecule has 0 bridgehead atoms. The van der Waals surface area contributed by atoms with Crippen LogP contribution in [0.5, 0.6) is 0 Å². The molecule has 3 aromatic rings. The molecule has 19 heavy (non-hydrogen) atoms. The van der Waals surface area contributed by atoms with Gasteiger partial charge in [0.15, 0.2) is 0 Å². The van der Waals surface area contributed by atoms with Crippen molar-refractivity contribution < 1.29 is 0 Å². The van der Waals surface area contributed by atoms with Gasteiger partial charge in [-0.25, -0.2) is 9.97 Å². The van der Waals surface area contributed by atoms with Gasteiger partial charge >= 0.3 is 0 Å². The zero-order valence-corrected chi connectivity index (χ0v) is 12.7. The van der Waals surface area contributed by atoms with Crippen molar-refractivity contribution in [3.8, 4) is 11.1 Å². The summed E-state index contributed by atoms with van der Waals surface area (Å²) in [6.45, 7) is 4.18. The number of aromatic nitrogens is 2. The van der Waals surface area contributed by atoms with Crippen molar-refractivity contribution in [1.82, 2.24) is 9.97 Å². The first kappa shape index (κ1) is 12.9. The number of fused-ring (bicyclic) bond motifs is 1. The van der Waals surface area contributed by atoms with Crippen LogP contribution in [0, 0.1) is 13.8 Å². The molecular formula is C14H10Cl2N2S. The summed E-state index contributed by atoms with van der Waals surface area (Å²) in [6.07, 6.45) is 0. The van der Waals surface area contributed by atoms with Gasteiger partial charge in [0.1, 0.15) is 9.98 Å². The second-order valence-corrected chi connectivity index (χ2v) is 5.99. The van der Waals surface area contributed by atoms with Gasteiger partial charge in [0, 0.05) is 10.9 Å². The quantitative estimate of drug-likeness (QED) is 0.451. The van der Waals surface area contributed by atoms with E-state index in [0.717, 1.165) is 21.3 Å². The van der Waals surface area contributed by atoms with Crippen LogP contribution in [0.1, 0.15) is 11.1 Å². The first-order chi connectivity index (χ1) is 9.06. The third kappa shape index (κ3) is 2.22. The van der Waals surface area contributed by atoms with Crippen LogP contribution in [0.25, 0.3) is 21.3 Å². The highest BCUT2D eigenvalue weighted by Gasteiger charge is 2.14. The van der Waals surface area contributed by atoms with E-state index in [4.69, 9.17) is 23.2 Å². The van der Waals surface area contributed by atoms with Crippen molar-refractivity contribution in [2.24, 2.45) is 0 Å². The molecule has 0 radical (unpaired) electrons. The van der Waals surface area contributed by atoms with Crippen molar-refractivity contribution in [3.05, 3.63) is 45.1 Å². The summed E-state index contributed by atoms with van der Waals surface area (Å²) in [6, 6.07) is 6.36. The van der Waals surface area contributed by atoms with Gasteiger partial charge in [-0.15, -0.1) is 11.3 Å². The number of hydrogen-bond donors (Lipinski definition) is 0. The van der Waals surface area contributed by atoms with E-state index >= 15 is 0 Å². The average Bonchev–Trinajstić information content (AvgIpc) is 2.72. The molecule has 2 aromatic heterocycles. The van der Waals surface area contributed by atoms with Gasteiger partial charge in [-0.3, -0.25) is 0 Å². The SMILES string of the molecule is Cc1ccc(-c2csc3nc(Cl)nc(Cl)c23)c(C)c1. The zero-order chi connectivity index (χ0) is 13.6. The minimum absolute atomic E-state index is 0.187. The molecule has 0 aliphatic rings. The Balaban J connectivity index is 2.31. The van der Waals surface area contributed by atoms with Gasteiger partial charge in [-0.1, -0.05) is 35.4 Å². The summed E-state index contributed by atoms with van der Waals surface area (Å²) >= 11 is 13.6. The summed E-state index contributed by atoms with van der Waals surface area (Å²) in [4.78, 5) is 9.07. The molecular weight excluding hydrogens is 299 g/mol. The van der Waals surface area contributed by atoms with Crippen molar-refractivity contribution in [1.29, 1.82) is 0 Å². The molecule has 3 rings (SSSR count). The number of rotatable bonds is 1. The lowest BCUT2D eigenvalue weighted by Gasteiger charge is -2.06. The highest BCUT2D eigenvalue weighted by atomic mass is 35.5. The molecule has 0 fully saturated rings. The van der Waals surface area contributed by atoms with E-state index in [0.29, 0.717) is 5.15 Å². The minimum atomic E-state index is 0.187. The van der Waals surface area contributed by atoms with Crippen molar-refractivity contribution in [2.45, 2.75) is 13.8 Å². The van der Waals surface area contributed by atoms with Crippen LogP contribution in [0.4, 0.5) is 0 Å². The predicted molar refractivity (Wildman–Crippen MR) is 82.3 cm³/mol. The van der Waals surface area contributed by atoms with Crippen LogP contribution in [-0.4, -0.2) is 9.97 Å². The molecule has 0 saturated carbocycles. The lowest BCUT2D eigenvalue weighted by Crippen LogP contribution is -1.87. The number of nitrogens with zero attached hydrogens (tertiary/aromatic N) is 2. The molecule has 0 unspecified atom stereocenters. The van der Waals surface area contributed by atoms with Crippen LogP contribution in [0.3, 0.4) is 0 Å². The summed E-state index contributed by atoms with van der Waals surface area (Å²) in [7, 11) is 0. The van der Waals surface area contributed by atoms with Crippen LogP contribution in [0.15, 0.2) is 23.6 Å². The second-order valence-electron chi connectivity index (χ2n) is 4.43. The van der Waals surface area contributed by atoms with E-state index in [1.54, 1.807) is 0 Å². The Kier molecular flexibility index (Phi) is 3.21. The standard InChI is InChI=1S/C14H10Cl2N2S/c1-7-3-4-9(8(2)5-7)10-6-19-13-11(10)12(15)17-14(16)18-13/h3-6H,1-2H3. The topological polar surface area (TPSA) is 25.8 Å². The zero-order valence-electron chi connectivity index (χ0n) is 10.4. The van der Waals surface area contributed by atoms with Crippen molar-refractivity contribution in [3.63, 3.8) is 0 Å². The minimum Gasteiger partial charge on any atom is -0.207 e. The first-order valence-electron chi connectivity index (χ1n) is 5.74. The summed E-state index contributed by atoms with van der Waals surface area (Å²) < 4.78 is 0. The van der Waals surface area contributed by atoms with Crippen LogP contribution >= 0.6 is 34.5 Å². The van der Waals surface area contributed by atoms with E-state index < -0.39 is 0 Å². The number of aryl methyl sites for hydroxylation is 2. The monoisotopic (exact) mass is 308 g/mol. The van der Waals surface area contributed by atoms with E-state index in [1.165, 1.54) is 22.5 Å². The lowest BCUT2D eigenvalue weighted by molar-refractivity contribution is 1.23. The molecule has 0 spiro atoms. The molecule has 0 aliphatic carbocycles. The van der Waals surface area contributed by atoms with E-state index in [9.17, 15) is 0 Å². The summed E-state index contributed by atoms with van der Waals surface area (Å²) in [5, 5.41) is 3.53. The Morgan fingerprint density at radius 2 is 1.84 bits per heavy atom. The largest absolute Gasteiger partial charge is 0.225 e. The van der Waals surface area contributed by atoms with Gasteiger partial charge in [0.2, 0.25) is 5.28 Å². The summed E-state index contributed by atoms with van der Waals surface area (Å²) in [5.74, 6) is 0. The van der Waals surface area contributed by atoms with Gasteiger partial charge in [0.05, 0.1) is 5.39 Å². The van der Waals surface area contributed by atoms with Gasteiger partial charge in [-0.05, 0) is 36.6 Å². The maximum atomic E-state index is 6.21. The number of halogens is 2. The Hall–Kier alpha value is -1.16. The fourth-order valence-electron chi connectivity index (χ4n) is 2.19. The number of hydrogen-bond acceptors (Lipinski definition) is 3. The number of thiophene rings is 1. The van der Waals surface area contributed by atoms with Crippen LogP contribution in [-0.2, 0) is 0 Å². The third-order valence-electron chi connectivity index (χ3n) is 3.03. The molecule has 0 aliphatic heterocycles. The predicted octanol–water partition coefficient (Wildman–Crippen LogP) is 5.28. The maximum absolute atomic E-state index is 6.21. The highest BCUT2D eigenvalue weighted by molar-refractivity contribution is 7.17. The molecule has 0 saturated heterocycles. The molecule has 2 heterocycles. The first-order valence-corrected chi connectivity index (χ1v) is 7.37. The molecule has 5 heteroatoms. The highest BCUT2D eigenvalue weighted by Crippen LogP contribution is 2.38. The molecule has 0 amide bonds. The molecule has 96 valence electrons. The maximum Gasteiger partial charge on any atom is 0.225 e. The Labute approximate surface area is 125 Å². The van der Waals surface area contributed by atoms with E-state index in [2.05, 4.69) is 47.4 Å². The molecule has 2 nitrogen and oxygen atoms in total. The molecule has 1 aromatic carbocycles. The number of benzene rings is 1. The Morgan fingerprint density at radius 3 is 2.58 bits per heavy atom. The van der Waals surface area contributed by atoms with Crippen molar-refractivity contribution >= 4 is 44.8 Å². The van der Waals surface area contributed by atoms with Crippen LogP contribution in [0.2, 0.25) is 10.4 Å². The third-order valence-corrected chi connectivity index (χ3v) is 4.35. The molecule has 0 atom stereocenters. The normalized spacial score (nSPS) is 11.2. The molecule has 0 N–H and O–H groups in total.